The molecule has 0 fully saturated rings. The molecular weight excluding hydrogens is 402 g/mol. The molecule has 2 aliphatic rings. The van der Waals surface area contributed by atoms with Crippen LogP contribution in [0.5, 0.6) is 5.75 Å². The lowest BCUT2D eigenvalue weighted by Gasteiger charge is -2.37. The topological polar surface area (TPSA) is 80.3 Å². The lowest BCUT2D eigenvalue weighted by atomic mass is 9.76. The maximum atomic E-state index is 11.7. The van der Waals surface area contributed by atoms with Crippen LogP contribution in [0.1, 0.15) is 36.4 Å². The van der Waals surface area contributed by atoms with Crippen LogP contribution in [0.4, 0.5) is 11.4 Å². The molecule has 2 heterocycles. The molecule has 32 heavy (non-hydrogen) atoms. The van der Waals surface area contributed by atoms with Crippen LogP contribution in [0, 0.1) is 16.0 Å². The van der Waals surface area contributed by atoms with E-state index in [4.69, 9.17) is 0 Å². The second-order valence-corrected chi connectivity index (χ2v) is 8.66. The summed E-state index contributed by atoms with van der Waals surface area (Å²) in [6.07, 6.45) is 5.00. The molecule has 1 aromatic heterocycles. The number of allylic oxidation sites excluding steroid dienone is 2. The number of benzene rings is 3. The number of nitro groups is 1. The maximum Gasteiger partial charge on any atom is 0.275 e. The molecule has 6 nitrogen and oxygen atoms in total. The molecule has 6 heteroatoms. The number of anilines is 1. The summed E-state index contributed by atoms with van der Waals surface area (Å²) in [5.41, 5.74) is 4.69. The summed E-state index contributed by atoms with van der Waals surface area (Å²) in [5, 5.41) is 28.2. The van der Waals surface area contributed by atoms with Crippen LogP contribution >= 0.6 is 0 Å². The fraction of sp³-hybridized carbons (Fsp3) is 0.231. The summed E-state index contributed by atoms with van der Waals surface area (Å²) >= 11 is 0. The summed E-state index contributed by atoms with van der Waals surface area (Å²) in [4.78, 5) is 11.3. The highest BCUT2D eigenvalue weighted by Gasteiger charge is 2.42. The fourth-order valence-electron chi connectivity index (χ4n) is 5.77. The first-order valence-corrected chi connectivity index (χ1v) is 11.0. The van der Waals surface area contributed by atoms with Gasteiger partial charge in [-0.25, -0.2) is 0 Å². The first kappa shape index (κ1) is 18.9. The Balaban J connectivity index is 1.53. The number of nitrogens with zero attached hydrogens (tertiary/aromatic N) is 2. The first-order chi connectivity index (χ1) is 15.6. The Hall–Kier alpha value is -3.80. The third kappa shape index (κ3) is 2.52. The van der Waals surface area contributed by atoms with Gasteiger partial charge >= 0.3 is 0 Å². The Kier molecular flexibility index (Phi) is 4.05. The molecule has 6 rings (SSSR count). The van der Waals surface area contributed by atoms with E-state index in [0.717, 1.165) is 18.5 Å². The van der Waals surface area contributed by atoms with E-state index < -0.39 is 0 Å². The fourth-order valence-corrected chi connectivity index (χ4v) is 5.77. The summed E-state index contributed by atoms with van der Waals surface area (Å²) in [6.45, 7) is 3.05. The molecule has 0 radical (unpaired) electrons. The van der Waals surface area contributed by atoms with Crippen LogP contribution in [0.15, 0.2) is 66.7 Å². The first-order valence-electron chi connectivity index (χ1n) is 11.0. The smallest absolute Gasteiger partial charge is 0.275 e. The lowest BCUT2D eigenvalue weighted by Crippen LogP contribution is -2.29. The van der Waals surface area contributed by atoms with E-state index in [1.807, 2.05) is 0 Å². The molecular formula is C26H23N3O3. The van der Waals surface area contributed by atoms with E-state index in [-0.39, 0.29) is 34.2 Å². The molecule has 160 valence electrons. The number of aromatic hydroxyl groups is 1. The number of para-hydroxylation sites is 1. The van der Waals surface area contributed by atoms with Crippen LogP contribution < -0.4 is 5.32 Å². The Morgan fingerprint density at radius 2 is 1.94 bits per heavy atom. The molecule has 2 N–H and O–H groups in total. The van der Waals surface area contributed by atoms with E-state index in [1.54, 1.807) is 0 Å². The molecule has 3 atom stereocenters. The van der Waals surface area contributed by atoms with Crippen LogP contribution in [0.25, 0.3) is 21.8 Å². The zero-order valence-electron chi connectivity index (χ0n) is 17.7. The quantitative estimate of drug-likeness (QED) is 0.176. The van der Waals surface area contributed by atoms with Gasteiger partial charge in [0, 0.05) is 40.3 Å². The molecule has 4 aromatic rings. The Labute approximate surface area is 184 Å². The standard InChI is InChI=1S/C26H23N3O3/c1-2-28-20-9-4-3-6-16(20)19-14-15(10-11-21(19)28)25-18-8-5-7-17(18)24-22(29(31)32)12-13-23(30)26(24)27-25/h3-7,9-14,17-18,25,27,30H,2,8H2,1H3. The van der Waals surface area contributed by atoms with Crippen molar-refractivity contribution in [3.05, 3.63) is 88.0 Å². The number of hydrogen-bond donors (Lipinski definition) is 2. The van der Waals surface area contributed by atoms with Gasteiger partial charge in [0.05, 0.1) is 22.2 Å². The van der Waals surface area contributed by atoms with Crippen LogP contribution in [0.2, 0.25) is 0 Å². The van der Waals surface area contributed by atoms with Crippen LogP contribution in [-0.4, -0.2) is 14.6 Å². The normalized spacial score (nSPS) is 21.5. The van der Waals surface area contributed by atoms with Crippen molar-refractivity contribution in [3.63, 3.8) is 0 Å². The highest BCUT2D eigenvalue weighted by Crippen LogP contribution is 2.55. The Bertz CT molecular complexity index is 1440. The van der Waals surface area contributed by atoms with Gasteiger partial charge in [-0.1, -0.05) is 36.4 Å². The Morgan fingerprint density at radius 1 is 1.12 bits per heavy atom. The number of aromatic nitrogens is 1. The van der Waals surface area contributed by atoms with Crippen molar-refractivity contribution in [2.45, 2.75) is 31.8 Å². The molecule has 0 saturated carbocycles. The number of phenols is 1. The van der Waals surface area contributed by atoms with E-state index in [9.17, 15) is 15.2 Å². The van der Waals surface area contributed by atoms with Crippen molar-refractivity contribution in [1.29, 1.82) is 0 Å². The van der Waals surface area contributed by atoms with Gasteiger partial charge in [-0.2, -0.15) is 0 Å². The summed E-state index contributed by atoms with van der Waals surface area (Å²) < 4.78 is 2.33. The predicted molar refractivity (Wildman–Crippen MR) is 126 cm³/mol. The minimum Gasteiger partial charge on any atom is -0.506 e. The average Bonchev–Trinajstić information content (AvgIpc) is 3.41. The minimum absolute atomic E-state index is 0.0523. The maximum absolute atomic E-state index is 11.7. The number of fused-ring (bicyclic) bond motifs is 6. The van der Waals surface area contributed by atoms with Gasteiger partial charge in [0.25, 0.3) is 5.69 Å². The molecule has 1 aliphatic carbocycles. The Morgan fingerprint density at radius 3 is 2.75 bits per heavy atom. The third-order valence-corrected chi connectivity index (χ3v) is 7.14. The zero-order chi connectivity index (χ0) is 22.0. The van der Waals surface area contributed by atoms with Gasteiger partial charge in [-0.3, -0.25) is 10.1 Å². The monoisotopic (exact) mass is 425 g/mol. The molecule has 0 amide bonds. The largest absolute Gasteiger partial charge is 0.506 e. The van der Waals surface area contributed by atoms with Crippen LogP contribution in [-0.2, 0) is 6.54 Å². The molecule has 0 spiro atoms. The number of rotatable bonds is 3. The van der Waals surface area contributed by atoms with Crippen molar-refractivity contribution in [2.24, 2.45) is 5.92 Å². The summed E-state index contributed by atoms with van der Waals surface area (Å²) in [6, 6.07) is 17.8. The second-order valence-electron chi connectivity index (χ2n) is 8.66. The van der Waals surface area contributed by atoms with Crippen molar-refractivity contribution in [3.8, 4) is 5.75 Å². The SMILES string of the molecule is CCn1c2ccccc2c2cc(C3Nc4c(O)ccc([N+](=O)[O-])c4C4C=CCC43)ccc21. The molecule has 0 bridgehead atoms. The zero-order valence-corrected chi connectivity index (χ0v) is 17.7. The lowest BCUT2D eigenvalue weighted by molar-refractivity contribution is -0.385. The van der Waals surface area contributed by atoms with Gasteiger partial charge in [0.1, 0.15) is 5.75 Å². The van der Waals surface area contributed by atoms with Gasteiger partial charge in [-0.15, -0.1) is 0 Å². The minimum atomic E-state index is -0.352. The number of aryl methyl sites for hydroxylation is 1. The van der Waals surface area contributed by atoms with E-state index >= 15 is 0 Å². The number of hydrogen-bond acceptors (Lipinski definition) is 4. The van der Waals surface area contributed by atoms with Gasteiger partial charge in [0.15, 0.2) is 0 Å². The summed E-state index contributed by atoms with van der Waals surface area (Å²) in [5.74, 6) is 0.106. The average molecular weight is 425 g/mol. The number of phenolic OH excluding ortho intramolecular Hbond substituents is 1. The van der Waals surface area contributed by atoms with Crippen molar-refractivity contribution >= 4 is 33.2 Å². The highest BCUT2D eigenvalue weighted by atomic mass is 16.6. The predicted octanol–water partition coefficient (Wildman–Crippen LogP) is 6.25. The molecule has 3 aromatic carbocycles. The third-order valence-electron chi connectivity index (χ3n) is 7.14. The van der Waals surface area contributed by atoms with Gasteiger partial charge < -0.3 is 15.0 Å². The number of nitro benzene ring substituents is 1. The van der Waals surface area contributed by atoms with Crippen molar-refractivity contribution in [2.75, 3.05) is 5.32 Å². The number of nitrogens with one attached hydrogen (secondary N) is 1. The van der Waals surface area contributed by atoms with E-state index in [0.29, 0.717) is 11.3 Å². The molecule has 1 aliphatic heterocycles. The van der Waals surface area contributed by atoms with Crippen molar-refractivity contribution in [1.82, 2.24) is 4.57 Å². The molecule has 0 saturated heterocycles. The second kappa shape index (κ2) is 6.85. The highest BCUT2D eigenvalue weighted by molar-refractivity contribution is 6.08. The van der Waals surface area contributed by atoms with Crippen LogP contribution in [0.3, 0.4) is 0 Å². The van der Waals surface area contributed by atoms with E-state index in [1.165, 1.54) is 33.9 Å². The van der Waals surface area contributed by atoms with E-state index in [2.05, 4.69) is 71.4 Å². The molecule has 3 unspecified atom stereocenters. The summed E-state index contributed by atoms with van der Waals surface area (Å²) in [7, 11) is 0. The van der Waals surface area contributed by atoms with Crippen molar-refractivity contribution < 1.29 is 10.0 Å². The van der Waals surface area contributed by atoms with Gasteiger partial charge in [0.2, 0.25) is 0 Å². The van der Waals surface area contributed by atoms with Gasteiger partial charge in [-0.05, 0) is 49.1 Å².